The minimum Gasteiger partial charge on any atom is -0.341 e. The molecule has 0 bridgehead atoms. The molecule has 0 spiro atoms. The summed E-state index contributed by atoms with van der Waals surface area (Å²) in [6.07, 6.45) is -3.30. The van der Waals surface area contributed by atoms with Crippen molar-refractivity contribution in [2.75, 3.05) is 6.61 Å². The van der Waals surface area contributed by atoms with Gasteiger partial charge in [-0.1, -0.05) is 55.0 Å². The first-order valence-electron chi connectivity index (χ1n) is 10.7. The molecule has 5 rings (SSSR count). The van der Waals surface area contributed by atoms with E-state index < -0.39 is 53.4 Å². The first-order valence-corrected chi connectivity index (χ1v) is 12.1. The fraction of sp³-hybridized carbons (Fsp3) is 0.478. The second kappa shape index (κ2) is 8.83. The van der Waals surface area contributed by atoms with Crippen LogP contribution in [0.1, 0.15) is 30.8 Å². The number of benzene rings is 2. The summed E-state index contributed by atoms with van der Waals surface area (Å²) in [5.74, 6) is 0. The number of fused-ring (bicyclic) bond motifs is 3. The van der Waals surface area contributed by atoms with Gasteiger partial charge in [-0.25, -0.2) is 0 Å². The van der Waals surface area contributed by atoms with Crippen LogP contribution in [0, 0.1) is 6.92 Å². The molecule has 9 heteroatoms. The lowest BCUT2D eigenvalue weighted by molar-refractivity contribution is -0.228. The molecular formula is C23H26O8S. The van der Waals surface area contributed by atoms with Crippen molar-refractivity contribution in [3.05, 3.63) is 65.7 Å². The molecule has 0 unspecified atom stereocenters. The van der Waals surface area contributed by atoms with E-state index in [9.17, 15) is 8.42 Å². The number of rotatable bonds is 6. The van der Waals surface area contributed by atoms with Crippen LogP contribution in [0.4, 0.5) is 0 Å². The monoisotopic (exact) mass is 462 g/mol. The Morgan fingerprint density at radius 2 is 1.56 bits per heavy atom. The zero-order valence-electron chi connectivity index (χ0n) is 17.8. The third-order valence-corrected chi connectivity index (χ3v) is 7.15. The molecule has 0 amide bonds. The SMILES string of the molecule is CC[C@H]1O[C@H]2O[C@H](COS(=O)(=O)c3ccc(C)cc3)[C@@H]3O[C@H](c4ccccc4)O[C@@H]3[C@H]2O1. The average Bonchev–Trinajstić information content (AvgIpc) is 3.42. The summed E-state index contributed by atoms with van der Waals surface area (Å²) < 4.78 is 61.0. The first kappa shape index (κ1) is 22.0. The molecule has 172 valence electrons. The van der Waals surface area contributed by atoms with Gasteiger partial charge in [-0.05, 0) is 25.5 Å². The molecule has 2 aromatic carbocycles. The van der Waals surface area contributed by atoms with E-state index in [4.69, 9.17) is 27.9 Å². The Kier molecular flexibility index (Phi) is 6.06. The minimum absolute atomic E-state index is 0.0885. The Bertz CT molecular complexity index is 1030. The minimum atomic E-state index is -3.96. The van der Waals surface area contributed by atoms with Crippen LogP contribution in [0.5, 0.6) is 0 Å². The predicted molar refractivity (Wildman–Crippen MR) is 112 cm³/mol. The van der Waals surface area contributed by atoms with E-state index in [-0.39, 0.29) is 11.5 Å². The topological polar surface area (TPSA) is 89.5 Å². The molecule has 0 aliphatic carbocycles. The molecule has 8 nitrogen and oxygen atoms in total. The van der Waals surface area contributed by atoms with Gasteiger partial charge in [0.25, 0.3) is 10.1 Å². The van der Waals surface area contributed by atoms with Crippen LogP contribution < -0.4 is 0 Å². The van der Waals surface area contributed by atoms with Gasteiger partial charge in [-0.3, -0.25) is 4.18 Å². The van der Waals surface area contributed by atoms with Crippen LogP contribution in [0.2, 0.25) is 0 Å². The van der Waals surface area contributed by atoms with Crippen LogP contribution >= 0.6 is 0 Å². The lowest BCUT2D eigenvalue weighted by Gasteiger charge is -2.36. The van der Waals surface area contributed by atoms with Crippen molar-refractivity contribution >= 4 is 10.1 Å². The summed E-state index contributed by atoms with van der Waals surface area (Å²) in [5.41, 5.74) is 1.82. The van der Waals surface area contributed by atoms with E-state index in [1.165, 1.54) is 12.1 Å². The van der Waals surface area contributed by atoms with Crippen molar-refractivity contribution in [1.29, 1.82) is 0 Å². The van der Waals surface area contributed by atoms with Gasteiger partial charge in [0.15, 0.2) is 18.9 Å². The van der Waals surface area contributed by atoms with Gasteiger partial charge in [0.05, 0.1) is 11.5 Å². The molecule has 3 aliphatic heterocycles. The number of aryl methyl sites for hydroxylation is 1. The van der Waals surface area contributed by atoms with Crippen molar-refractivity contribution in [1.82, 2.24) is 0 Å². The van der Waals surface area contributed by atoms with Crippen molar-refractivity contribution in [3.8, 4) is 0 Å². The molecule has 0 aromatic heterocycles. The first-order chi connectivity index (χ1) is 15.4. The number of hydrogen-bond donors (Lipinski definition) is 0. The van der Waals surface area contributed by atoms with Crippen molar-refractivity contribution in [2.24, 2.45) is 0 Å². The highest BCUT2D eigenvalue weighted by atomic mass is 32.2. The molecule has 3 saturated heterocycles. The van der Waals surface area contributed by atoms with Gasteiger partial charge in [0.2, 0.25) is 0 Å². The van der Waals surface area contributed by atoms with Crippen molar-refractivity contribution in [2.45, 2.75) is 68.4 Å². The summed E-state index contributed by atoms with van der Waals surface area (Å²) in [5, 5.41) is 0. The molecule has 3 aliphatic rings. The molecule has 0 N–H and O–H groups in total. The standard InChI is InChI=1S/C23H26O8S/c1-3-18-28-21-20-19(30-22(31-20)15-7-5-4-6-8-15)17(27-23(21)29-18)13-26-32(24,25)16-11-9-14(2)10-12-16/h4-12,17-23H,3,13H2,1-2H3/t17-,18-,19+,20+,21-,22+,23-/m1/s1. The maximum Gasteiger partial charge on any atom is 0.297 e. The van der Waals surface area contributed by atoms with E-state index in [0.29, 0.717) is 6.42 Å². The van der Waals surface area contributed by atoms with Gasteiger partial charge in [0.1, 0.15) is 24.4 Å². The van der Waals surface area contributed by atoms with Crippen LogP contribution in [-0.2, 0) is 38.0 Å². The Labute approximate surface area is 187 Å². The molecule has 0 radical (unpaired) electrons. The number of ether oxygens (including phenoxy) is 5. The summed E-state index contributed by atoms with van der Waals surface area (Å²) in [6.45, 7) is 3.61. The number of hydrogen-bond acceptors (Lipinski definition) is 8. The second-order valence-electron chi connectivity index (χ2n) is 8.11. The van der Waals surface area contributed by atoms with Crippen molar-refractivity contribution in [3.63, 3.8) is 0 Å². The zero-order chi connectivity index (χ0) is 22.3. The van der Waals surface area contributed by atoms with Crippen LogP contribution in [0.3, 0.4) is 0 Å². The summed E-state index contributed by atoms with van der Waals surface area (Å²) >= 11 is 0. The van der Waals surface area contributed by atoms with Gasteiger partial charge in [-0.15, -0.1) is 0 Å². The van der Waals surface area contributed by atoms with Crippen molar-refractivity contribution < 1.29 is 36.3 Å². The fourth-order valence-corrected chi connectivity index (χ4v) is 5.07. The highest BCUT2D eigenvalue weighted by molar-refractivity contribution is 7.86. The summed E-state index contributed by atoms with van der Waals surface area (Å²) in [7, 11) is -3.96. The fourth-order valence-electron chi connectivity index (χ4n) is 4.15. The Morgan fingerprint density at radius 1 is 0.844 bits per heavy atom. The molecule has 0 saturated carbocycles. The summed E-state index contributed by atoms with van der Waals surface area (Å²) in [4.78, 5) is 0.0885. The zero-order valence-corrected chi connectivity index (χ0v) is 18.6. The van der Waals surface area contributed by atoms with E-state index in [2.05, 4.69) is 0 Å². The third-order valence-electron chi connectivity index (χ3n) is 5.85. The van der Waals surface area contributed by atoms with E-state index >= 15 is 0 Å². The van der Waals surface area contributed by atoms with Crippen LogP contribution in [-0.4, -0.2) is 52.0 Å². The summed E-state index contributed by atoms with van der Waals surface area (Å²) in [6, 6.07) is 16.0. The normalized spacial score (nSPS) is 34.2. The van der Waals surface area contributed by atoms with Crippen LogP contribution in [0.25, 0.3) is 0 Å². The molecule has 32 heavy (non-hydrogen) atoms. The second-order valence-corrected chi connectivity index (χ2v) is 9.73. The van der Waals surface area contributed by atoms with E-state index in [1.54, 1.807) is 12.1 Å². The quantitative estimate of drug-likeness (QED) is 0.605. The van der Waals surface area contributed by atoms with E-state index in [1.807, 2.05) is 44.2 Å². The Hall–Kier alpha value is -1.85. The Morgan fingerprint density at radius 3 is 2.28 bits per heavy atom. The van der Waals surface area contributed by atoms with Gasteiger partial charge < -0.3 is 23.7 Å². The lowest BCUT2D eigenvalue weighted by Crippen LogP contribution is -2.56. The molecule has 3 fully saturated rings. The molecule has 2 aromatic rings. The highest BCUT2D eigenvalue weighted by Gasteiger charge is 2.57. The Balaban J connectivity index is 1.35. The third kappa shape index (κ3) is 4.22. The molecule has 7 atom stereocenters. The maximum absolute atomic E-state index is 12.7. The van der Waals surface area contributed by atoms with Gasteiger partial charge >= 0.3 is 0 Å². The van der Waals surface area contributed by atoms with E-state index in [0.717, 1.165) is 11.1 Å². The largest absolute Gasteiger partial charge is 0.341 e. The van der Waals surface area contributed by atoms with Crippen LogP contribution in [0.15, 0.2) is 59.5 Å². The molecular weight excluding hydrogens is 436 g/mol. The van der Waals surface area contributed by atoms with Gasteiger partial charge in [0, 0.05) is 5.56 Å². The lowest BCUT2D eigenvalue weighted by atomic mass is 9.99. The average molecular weight is 463 g/mol. The smallest absolute Gasteiger partial charge is 0.297 e. The predicted octanol–water partition coefficient (Wildman–Crippen LogP) is 3.06. The van der Waals surface area contributed by atoms with Gasteiger partial charge in [-0.2, -0.15) is 8.42 Å². The maximum atomic E-state index is 12.7. The highest BCUT2D eigenvalue weighted by Crippen LogP contribution is 2.43. The molecule has 3 heterocycles.